The van der Waals surface area contributed by atoms with Gasteiger partial charge in [0, 0.05) is 37.7 Å². The molecule has 0 aliphatic carbocycles. The van der Waals surface area contributed by atoms with Crippen LogP contribution in [-0.4, -0.2) is 41.2 Å². The van der Waals surface area contributed by atoms with E-state index in [1.54, 1.807) is 30.4 Å². The normalized spacial score (nSPS) is 19.2. The number of amides is 1. The minimum atomic E-state index is -0.585. The molecule has 30 heavy (non-hydrogen) atoms. The number of aromatic nitrogens is 1. The van der Waals surface area contributed by atoms with E-state index in [0.29, 0.717) is 29.4 Å². The van der Waals surface area contributed by atoms with E-state index < -0.39 is 11.9 Å². The number of thiazole rings is 1. The Morgan fingerprint density at radius 2 is 2.23 bits per heavy atom. The zero-order valence-corrected chi connectivity index (χ0v) is 17.5. The van der Waals surface area contributed by atoms with Crippen LogP contribution in [0.5, 0.6) is 5.75 Å². The van der Waals surface area contributed by atoms with Crippen molar-refractivity contribution in [3.63, 3.8) is 0 Å². The van der Waals surface area contributed by atoms with E-state index in [1.807, 2.05) is 10.3 Å². The molecular weight excluding hydrogens is 405 g/mol. The van der Waals surface area contributed by atoms with Gasteiger partial charge in [0.25, 0.3) is 0 Å². The van der Waals surface area contributed by atoms with Crippen LogP contribution in [0.1, 0.15) is 54.5 Å². The van der Waals surface area contributed by atoms with Crippen molar-refractivity contribution in [1.29, 1.82) is 0 Å². The lowest BCUT2D eigenvalue weighted by Gasteiger charge is -2.30. The number of benzene rings is 1. The van der Waals surface area contributed by atoms with Gasteiger partial charge in [-0.15, -0.1) is 17.8 Å². The van der Waals surface area contributed by atoms with Crippen molar-refractivity contribution >= 4 is 23.0 Å². The standard InChI is InChI=1S/C22H22FN3O3S/c1-3-11-28-19-6-4-5-16(23)21(19)20-12-17(25-29-20)18-13-30-22(24-18)15-7-9-26(10-8-15)14(2)27/h1,4-6,13,15,20H,7-12H2,2H3. The van der Waals surface area contributed by atoms with Gasteiger partial charge in [-0.05, 0) is 25.0 Å². The lowest BCUT2D eigenvalue weighted by Crippen LogP contribution is -2.36. The summed E-state index contributed by atoms with van der Waals surface area (Å²) in [5, 5.41) is 7.18. The van der Waals surface area contributed by atoms with Crippen LogP contribution in [0.25, 0.3) is 0 Å². The minimum absolute atomic E-state index is 0.0504. The van der Waals surface area contributed by atoms with Gasteiger partial charge in [0.15, 0.2) is 6.10 Å². The van der Waals surface area contributed by atoms with Gasteiger partial charge in [-0.1, -0.05) is 17.1 Å². The molecule has 0 N–H and O–H groups in total. The zero-order chi connectivity index (χ0) is 21.1. The molecular formula is C22H22FN3O3S. The molecule has 156 valence electrons. The number of piperidine rings is 1. The van der Waals surface area contributed by atoms with Crippen LogP contribution in [-0.2, 0) is 9.63 Å². The fraction of sp³-hybridized carbons (Fsp3) is 0.409. The summed E-state index contributed by atoms with van der Waals surface area (Å²) in [6.07, 6.45) is 6.88. The van der Waals surface area contributed by atoms with Gasteiger partial charge in [0.1, 0.15) is 23.9 Å². The van der Waals surface area contributed by atoms with Gasteiger partial charge in [0.05, 0.1) is 16.3 Å². The van der Waals surface area contributed by atoms with E-state index in [4.69, 9.17) is 21.0 Å². The quantitative estimate of drug-likeness (QED) is 0.680. The van der Waals surface area contributed by atoms with Gasteiger partial charge in [0.2, 0.25) is 5.91 Å². The number of halogens is 1. The number of ether oxygens (including phenoxy) is 1. The lowest BCUT2D eigenvalue weighted by atomic mass is 9.97. The average Bonchev–Trinajstić information content (AvgIpc) is 3.42. The van der Waals surface area contributed by atoms with E-state index in [1.165, 1.54) is 6.07 Å². The summed E-state index contributed by atoms with van der Waals surface area (Å²) in [6, 6.07) is 4.62. The van der Waals surface area contributed by atoms with Crippen LogP contribution in [0.3, 0.4) is 0 Å². The Morgan fingerprint density at radius 3 is 2.97 bits per heavy atom. The number of oxime groups is 1. The van der Waals surface area contributed by atoms with Crippen molar-refractivity contribution in [3.05, 3.63) is 45.7 Å². The Bertz CT molecular complexity index is 1010. The van der Waals surface area contributed by atoms with Crippen molar-refractivity contribution in [2.75, 3.05) is 19.7 Å². The Labute approximate surface area is 178 Å². The number of hydrogen-bond acceptors (Lipinski definition) is 6. The van der Waals surface area contributed by atoms with Crippen LogP contribution < -0.4 is 4.74 Å². The van der Waals surface area contributed by atoms with Crippen molar-refractivity contribution in [2.45, 2.75) is 38.2 Å². The second-order valence-corrected chi connectivity index (χ2v) is 8.22. The third-order valence-electron chi connectivity index (χ3n) is 5.42. The summed E-state index contributed by atoms with van der Waals surface area (Å²) in [7, 11) is 0. The van der Waals surface area contributed by atoms with Crippen molar-refractivity contribution in [1.82, 2.24) is 9.88 Å². The molecule has 1 aromatic carbocycles. The number of likely N-dealkylation sites (tertiary alicyclic amines) is 1. The highest BCUT2D eigenvalue weighted by atomic mass is 32.1. The zero-order valence-electron chi connectivity index (χ0n) is 16.6. The van der Waals surface area contributed by atoms with Crippen molar-refractivity contribution < 1.29 is 18.8 Å². The molecule has 4 rings (SSSR count). The van der Waals surface area contributed by atoms with E-state index in [0.717, 1.165) is 36.6 Å². The molecule has 0 spiro atoms. The first kappa shape index (κ1) is 20.4. The third kappa shape index (κ3) is 4.17. The van der Waals surface area contributed by atoms with Gasteiger partial charge in [-0.2, -0.15) is 0 Å². The van der Waals surface area contributed by atoms with Crippen LogP contribution in [0.2, 0.25) is 0 Å². The van der Waals surface area contributed by atoms with E-state index in [9.17, 15) is 9.18 Å². The average molecular weight is 428 g/mol. The Kier molecular flexibility index (Phi) is 6.00. The fourth-order valence-electron chi connectivity index (χ4n) is 3.81. The number of terminal acetylenes is 1. The molecule has 0 saturated carbocycles. The van der Waals surface area contributed by atoms with Crippen LogP contribution >= 0.6 is 11.3 Å². The number of carbonyl (C=O) groups is 1. The molecule has 0 bridgehead atoms. The molecule has 1 saturated heterocycles. The summed E-state index contributed by atoms with van der Waals surface area (Å²) in [5.41, 5.74) is 1.77. The predicted octanol–water partition coefficient (Wildman–Crippen LogP) is 3.89. The van der Waals surface area contributed by atoms with E-state index >= 15 is 0 Å². The summed E-state index contributed by atoms with van der Waals surface area (Å²) in [6.45, 7) is 3.17. The largest absolute Gasteiger partial charge is 0.480 e. The lowest BCUT2D eigenvalue weighted by molar-refractivity contribution is -0.129. The molecule has 2 aliphatic rings. The topological polar surface area (TPSA) is 64.0 Å². The molecule has 3 heterocycles. The maximum absolute atomic E-state index is 14.5. The number of nitrogens with zero attached hydrogens (tertiary/aromatic N) is 3. The number of carbonyl (C=O) groups excluding carboxylic acids is 1. The monoisotopic (exact) mass is 427 g/mol. The molecule has 1 amide bonds. The van der Waals surface area contributed by atoms with Crippen LogP contribution in [0.15, 0.2) is 28.7 Å². The van der Waals surface area contributed by atoms with Gasteiger partial charge >= 0.3 is 0 Å². The fourth-order valence-corrected chi connectivity index (χ4v) is 4.81. The highest BCUT2D eigenvalue weighted by Gasteiger charge is 2.31. The second-order valence-electron chi connectivity index (χ2n) is 7.33. The molecule has 0 radical (unpaired) electrons. The smallest absolute Gasteiger partial charge is 0.219 e. The third-order valence-corrected chi connectivity index (χ3v) is 6.43. The number of rotatable bonds is 5. The van der Waals surface area contributed by atoms with Gasteiger partial charge < -0.3 is 14.5 Å². The molecule has 1 unspecified atom stereocenters. The number of hydrogen-bond donors (Lipinski definition) is 0. The van der Waals surface area contributed by atoms with E-state index in [2.05, 4.69) is 11.1 Å². The van der Waals surface area contributed by atoms with Crippen molar-refractivity contribution in [3.8, 4) is 18.1 Å². The highest BCUT2D eigenvalue weighted by Crippen LogP contribution is 2.38. The van der Waals surface area contributed by atoms with Crippen molar-refractivity contribution in [2.24, 2.45) is 5.16 Å². The van der Waals surface area contributed by atoms with Crippen LogP contribution in [0, 0.1) is 18.2 Å². The SMILES string of the molecule is C#CCOc1cccc(F)c1C1CC(c2csc(C3CCN(C(C)=O)CC3)n2)=NO1. The maximum atomic E-state index is 14.5. The Hall–Kier alpha value is -2.92. The summed E-state index contributed by atoms with van der Waals surface area (Å²) >= 11 is 1.60. The van der Waals surface area contributed by atoms with Crippen LogP contribution in [0.4, 0.5) is 4.39 Å². The van der Waals surface area contributed by atoms with Gasteiger partial charge in [-0.25, -0.2) is 9.37 Å². The second kappa shape index (κ2) is 8.84. The molecule has 6 nitrogen and oxygen atoms in total. The Balaban J connectivity index is 1.44. The molecule has 1 aromatic heterocycles. The highest BCUT2D eigenvalue weighted by molar-refractivity contribution is 7.10. The molecule has 1 fully saturated rings. The van der Waals surface area contributed by atoms with Gasteiger partial charge in [-0.3, -0.25) is 4.79 Å². The summed E-state index contributed by atoms with van der Waals surface area (Å²) in [4.78, 5) is 23.7. The molecule has 8 heteroatoms. The predicted molar refractivity (Wildman–Crippen MR) is 112 cm³/mol. The maximum Gasteiger partial charge on any atom is 0.219 e. The minimum Gasteiger partial charge on any atom is -0.480 e. The molecule has 1 atom stereocenters. The first-order valence-corrected chi connectivity index (χ1v) is 10.7. The van der Waals surface area contributed by atoms with E-state index in [-0.39, 0.29) is 12.5 Å². The first-order valence-electron chi connectivity index (χ1n) is 9.85. The first-order chi connectivity index (χ1) is 14.6. The Morgan fingerprint density at radius 1 is 1.43 bits per heavy atom. The molecule has 2 aromatic rings. The molecule has 2 aliphatic heterocycles. The summed E-state index contributed by atoms with van der Waals surface area (Å²) in [5.74, 6) is 2.80. The summed E-state index contributed by atoms with van der Waals surface area (Å²) < 4.78 is 20.0.